The van der Waals surface area contributed by atoms with Crippen LogP contribution in [-0.2, 0) is 6.54 Å². The summed E-state index contributed by atoms with van der Waals surface area (Å²) in [6.07, 6.45) is 6.17. The summed E-state index contributed by atoms with van der Waals surface area (Å²) in [6.45, 7) is 2.99. The number of rotatable bonds is 2. The monoisotopic (exact) mass is 319 g/mol. The first-order chi connectivity index (χ1) is 11.8. The Morgan fingerprint density at radius 3 is 2.58 bits per heavy atom. The molecule has 0 atom stereocenters. The molecule has 124 valence electrons. The van der Waals surface area contributed by atoms with E-state index < -0.39 is 0 Å². The van der Waals surface area contributed by atoms with E-state index in [1.54, 1.807) is 0 Å². The Morgan fingerprint density at radius 2 is 1.79 bits per heavy atom. The fraction of sp³-hybridized carbons (Fsp3) is 0.381. The zero-order chi connectivity index (χ0) is 16.4. The summed E-state index contributed by atoms with van der Waals surface area (Å²) in [5, 5.41) is 7.52. The van der Waals surface area contributed by atoms with Crippen molar-refractivity contribution in [3.63, 3.8) is 0 Å². The molecule has 2 aliphatic rings. The lowest BCUT2D eigenvalue weighted by molar-refractivity contribution is 0.396. The van der Waals surface area contributed by atoms with E-state index in [1.165, 1.54) is 36.1 Å². The number of aliphatic imine (C=N–C) groups is 1. The van der Waals surface area contributed by atoms with Crippen molar-refractivity contribution in [2.75, 3.05) is 5.32 Å². The maximum Gasteiger partial charge on any atom is 0.128 e. The molecule has 4 rings (SSSR count). The van der Waals surface area contributed by atoms with Gasteiger partial charge in [0.2, 0.25) is 0 Å². The van der Waals surface area contributed by atoms with Crippen LogP contribution >= 0.6 is 0 Å². The van der Waals surface area contributed by atoms with Gasteiger partial charge in [-0.15, -0.1) is 0 Å². The fourth-order valence-corrected chi connectivity index (χ4v) is 3.94. The third kappa shape index (κ3) is 2.79. The molecule has 0 radical (unpaired) electrons. The van der Waals surface area contributed by atoms with Crippen molar-refractivity contribution in [2.45, 2.75) is 51.1 Å². The van der Waals surface area contributed by atoms with E-state index >= 15 is 0 Å². The number of hydrogen-bond donors (Lipinski definition) is 2. The van der Waals surface area contributed by atoms with Crippen molar-refractivity contribution in [3.8, 4) is 0 Å². The van der Waals surface area contributed by atoms with Gasteiger partial charge in [0.05, 0.1) is 16.9 Å². The van der Waals surface area contributed by atoms with Crippen LogP contribution in [0.1, 0.15) is 43.2 Å². The van der Waals surface area contributed by atoms with Crippen LogP contribution in [0.5, 0.6) is 0 Å². The topological polar surface area (TPSA) is 36.4 Å². The van der Waals surface area contributed by atoms with Gasteiger partial charge in [0.15, 0.2) is 0 Å². The van der Waals surface area contributed by atoms with Gasteiger partial charge in [0.25, 0.3) is 0 Å². The van der Waals surface area contributed by atoms with Crippen molar-refractivity contribution in [1.82, 2.24) is 5.32 Å². The Hall–Kier alpha value is -2.29. The van der Waals surface area contributed by atoms with Crippen LogP contribution in [0.4, 0.5) is 11.4 Å². The molecule has 0 aromatic heterocycles. The number of fused-ring (bicyclic) bond motifs is 1. The molecular weight excluding hydrogens is 294 g/mol. The lowest BCUT2D eigenvalue weighted by atomic mass is 9.79. The molecule has 0 saturated heterocycles. The Labute approximate surface area is 144 Å². The molecule has 1 spiro atoms. The van der Waals surface area contributed by atoms with E-state index in [2.05, 4.69) is 66.1 Å². The normalized spacial score (nSPS) is 18.5. The Bertz CT molecular complexity index is 743. The van der Waals surface area contributed by atoms with Gasteiger partial charge in [-0.3, -0.25) is 0 Å². The summed E-state index contributed by atoms with van der Waals surface area (Å²) in [5.41, 5.74) is 4.82. The smallest absolute Gasteiger partial charge is 0.128 e. The second-order valence-corrected chi connectivity index (χ2v) is 7.04. The molecule has 2 N–H and O–H groups in total. The second-order valence-electron chi connectivity index (χ2n) is 7.04. The highest BCUT2D eigenvalue weighted by Gasteiger charge is 2.40. The standard InChI is InChI=1S/C21H25N3/c1-16-9-8-12-18-19(16)24-21(13-6-3-7-14-21)20(23-18)22-15-17-10-4-2-5-11-17/h2,4-5,8-12,24H,3,6-7,13-15H2,1H3,(H,22,23). The minimum absolute atomic E-state index is 0.0217. The number of para-hydroxylation sites is 1. The van der Waals surface area contributed by atoms with Crippen LogP contribution in [0.15, 0.2) is 53.5 Å². The minimum atomic E-state index is -0.0217. The van der Waals surface area contributed by atoms with Crippen LogP contribution in [-0.4, -0.2) is 11.4 Å². The molecular formula is C21H25N3. The van der Waals surface area contributed by atoms with Crippen molar-refractivity contribution in [1.29, 1.82) is 0 Å². The van der Waals surface area contributed by atoms with Crippen LogP contribution in [0.3, 0.4) is 0 Å². The third-order valence-corrected chi connectivity index (χ3v) is 5.31. The summed E-state index contributed by atoms with van der Waals surface area (Å²) in [4.78, 5) is 5.04. The lowest BCUT2D eigenvalue weighted by Crippen LogP contribution is -2.54. The van der Waals surface area contributed by atoms with Gasteiger partial charge in [0, 0.05) is 6.54 Å². The number of aryl methyl sites for hydroxylation is 1. The van der Waals surface area contributed by atoms with E-state index in [9.17, 15) is 0 Å². The predicted octanol–water partition coefficient (Wildman–Crippen LogP) is 4.94. The Morgan fingerprint density at radius 1 is 1.00 bits per heavy atom. The second kappa shape index (κ2) is 6.31. The molecule has 1 aliphatic carbocycles. The summed E-state index contributed by atoms with van der Waals surface area (Å²) >= 11 is 0. The Kier molecular flexibility index (Phi) is 4.01. The first kappa shape index (κ1) is 15.3. The highest BCUT2D eigenvalue weighted by molar-refractivity contribution is 6.00. The zero-order valence-electron chi connectivity index (χ0n) is 14.3. The van der Waals surface area contributed by atoms with E-state index in [-0.39, 0.29) is 5.54 Å². The lowest BCUT2D eigenvalue weighted by Gasteiger charge is -2.43. The third-order valence-electron chi connectivity index (χ3n) is 5.31. The number of anilines is 1. The van der Waals surface area contributed by atoms with Gasteiger partial charge < -0.3 is 10.6 Å². The van der Waals surface area contributed by atoms with Gasteiger partial charge in [-0.25, -0.2) is 4.99 Å². The summed E-state index contributed by atoms with van der Waals surface area (Å²) in [7, 11) is 0. The van der Waals surface area contributed by atoms with Gasteiger partial charge in [-0.2, -0.15) is 0 Å². The van der Waals surface area contributed by atoms with Gasteiger partial charge in [0.1, 0.15) is 5.84 Å². The number of hydrogen-bond acceptors (Lipinski definition) is 3. The van der Waals surface area contributed by atoms with Gasteiger partial charge >= 0.3 is 0 Å². The molecule has 1 saturated carbocycles. The number of amidine groups is 1. The van der Waals surface area contributed by atoms with Crippen LogP contribution in [0.2, 0.25) is 0 Å². The van der Waals surface area contributed by atoms with E-state index in [1.807, 2.05) is 0 Å². The molecule has 1 heterocycles. The quantitative estimate of drug-likeness (QED) is 0.822. The van der Waals surface area contributed by atoms with Gasteiger partial charge in [-0.1, -0.05) is 61.7 Å². The molecule has 2 aromatic carbocycles. The number of benzene rings is 2. The SMILES string of the molecule is Cc1cccc2c1NC1(CCCCC1)C(NCc1ccccc1)=N2. The summed E-state index contributed by atoms with van der Waals surface area (Å²) in [5.74, 6) is 1.11. The molecule has 24 heavy (non-hydrogen) atoms. The largest absolute Gasteiger partial charge is 0.371 e. The fourth-order valence-electron chi connectivity index (χ4n) is 3.94. The van der Waals surface area contributed by atoms with Crippen molar-refractivity contribution in [2.24, 2.45) is 4.99 Å². The Balaban J connectivity index is 1.67. The zero-order valence-corrected chi connectivity index (χ0v) is 14.3. The van der Waals surface area contributed by atoms with Crippen LogP contribution in [0.25, 0.3) is 0 Å². The summed E-state index contributed by atoms with van der Waals surface area (Å²) < 4.78 is 0. The molecule has 0 bridgehead atoms. The molecule has 1 aliphatic heterocycles. The molecule has 0 amide bonds. The first-order valence-corrected chi connectivity index (χ1v) is 9.02. The van der Waals surface area contributed by atoms with Crippen LogP contribution in [0, 0.1) is 6.92 Å². The maximum absolute atomic E-state index is 5.04. The van der Waals surface area contributed by atoms with Crippen molar-refractivity contribution >= 4 is 17.2 Å². The maximum atomic E-state index is 5.04. The number of nitrogens with one attached hydrogen (secondary N) is 2. The average molecular weight is 319 g/mol. The average Bonchev–Trinajstić information content (AvgIpc) is 2.63. The molecule has 2 aromatic rings. The van der Waals surface area contributed by atoms with Crippen molar-refractivity contribution in [3.05, 3.63) is 59.7 Å². The molecule has 0 unspecified atom stereocenters. The molecule has 1 fully saturated rings. The highest BCUT2D eigenvalue weighted by Crippen LogP contribution is 2.41. The summed E-state index contributed by atoms with van der Waals surface area (Å²) in [6, 6.07) is 16.9. The number of nitrogens with zero attached hydrogens (tertiary/aromatic N) is 1. The van der Waals surface area contributed by atoms with E-state index in [0.29, 0.717) is 0 Å². The van der Waals surface area contributed by atoms with Crippen LogP contribution < -0.4 is 10.6 Å². The minimum Gasteiger partial charge on any atom is -0.371 e. The first-order valence-electron chi connectivity index (χ1n) is 9.02. The molecule has 3 nitrogen and oxygen atoms in total. The van der Waals surface area contributed by atoms with Gasteiger partial charge in [-0.05, 0) is 37.0 Å². The highest BCUT2D eigenvalue weighted by atomic mass is 15.2. The molecule has 3 heteroatoms. The van der Waals surface area contributed by atoms with Crippen molar-refractivity contribution < 1.29 is 0 Å². The van der Waals surface area contributed by atoms with E-state index in [4.69, 9.17) is 4.99 Å². The van der Waals surface area contributed by atoms with E-state index in [0.717, 1.165) is 30.9 Å². The predicted molar refractivity (Wildman–Crippen MR) is 101 cm³/mol.